The molecular weight excluding hydrogens is 398 g/mol. The summed E-state index contributed by atoms with van der Waals surface area (Å²) in [7, 11) is 0. The van der Waals surface area contributed by atoms with Gasteiger partial charge in [0.05, 0.1) is 4.91 Å². The highest BCUT2D eigenvalue weighted by atomic mass is 32.2. The molecule has 2 saturated heterocycles. The maximum atomic E-state index is 12.9. The Morgan fingerprint density at radius 1 is 1.03 bits per heavy atom. The van der Waals surface area contributed by atoms with Gasteiger partial charge in [-0.2, -0.15) is 0 Å². The number of imide groups is 1. The maximum absolute atomic E-state index is 12.9. The predicted molar refractivity (Wildman–Crippen MR) is 118 cm³/mol. The zero-order valence-corrected chi connectivity index (χ0v) is 17.9. The number of hydrogen-bond acceptors (Lipinski definition) is 4. The third-order valence-electron chi connectivity index (χ3n) is 5.56. The predicted octanol–water partition coefficient (Wildman–Crippen LogP) is 4.22. The lowest BCUT2D eigenvalue weighted by atomic mass is 10.2. The normalized spacial score (nSPS) is 18.9. The number of thioether (sulfide) groups is 1. The minimum Gasteiger partial charge on any atom is -0.341 e. The zero-order chi connectivity index (χ0) is 21.1. The summed E-state index contributed by atoms with van der Waals surface area (Å²) in [6.45, 7) is 3.26. The maximum Gasteiger partial charge on any atom is 0.294 e. The topological polar surface area (TPSA) is 62.6 Å². The van der Waals surface area contributed by atoms with Crippen LogP contribution in [0.15, 0.2) is 47.5 Å². The fourth-order valence-corrected chi connectivity index (χ4v) is 4.71. The molecule has 2 aliphatic rings. The molecule has 2 fully saturated rings. The largest absolute Gasteiger partial charge is 0.341 e. The molecule has 3 amide bonds. The first-order valence-corrected chi connectivity index (χ1v) is 11.1. The van der Waals surface area contributed by atoms with Crippen molar-refractivity contribution in [3.63, 3.8) is 0 Å². The van der Waals surface area contributed by atoms with Crippen LogP contribution < -0.4 is 0 Å². The van der Waals surface area contributed by atoms with Crippen LogP contribution in [0.25, 0.3) is 11.8 Å². The summed E-state index contributed by atoms with van der Waals surface area (Å²) >= 11 is 0.895. The summed E-state index contributed by atoms with van der Waals surface area (Å²) < 4.78 is 1.99. The molecule has 1 aromatic heterocycles. The smallest absolute Gasteiger partial charge is 0.294 e. The minimum absolute atomic E-state index is 0.149. The van der Waals surface area contributed by atoms with Crippen LogP contribution in [0.3, 0.4) is 0 Å². The third-order valence-corrected chi connectivity index (χ3v) is 6.47. The summed E-state index contributed by atoms with van der Waals surface area (Å²) in [5, 5.41) is -0.386. The van der Waals surface area contributed by atoms with Crippen LogP contribution in [-0.4, -0.2) is 51.1 Å². The van der Waals surface area contributed by atoms with Crippen LogP contribution in [0.2, 0.25) is 0 Å². The second kappa shape index (κ2) is 8.92. The van der Waals surface area contributed by atoms with E-state index in [1.165, 1.54) is 0 Å². The van der Waals surface area contributed by atoms with Gasteiger partial charge in [-0.3, -0.25) is 19.3 Å². The van der Waals surface area contributed by atoms with Gasteiger partial charge in [-0.15, -0.1) is 0 Å². The fourth-order valence-electron chi connectivity index (χ4n) is 3.89. The monoisotopic (exact) mass is 423 g/mol. The molecular formula is C23H25N3O3S. The summed E-state index contributed by atoms with van der Waals surface area (Å²) in [5.74, 6) is -0.547. The summed E-state index contributed by atoms with van der Waals surface area (Å²) in [6.07, 6.45) is 7.85. The highest BCUT2D eigenvalue weighted by Crippen LogP contribution is 2.33. The quantitative estimate of drug-likeness (QED) is 0.691. The molecule has 6 nitrogen and oxygen atoms in total. The number of hydrogen-bond donors (Lipinski definition) is 0. The molecule has 1 aromatic carbocycles. The molecule has 0 bridgehead atoms. The van der Waals surface area contributed by atoms with Crippen LogP contribution >= 0.6 is 11.8 Å². The Balaban J connectivity index is 1.52. The number of rotatable bonds is 4. The molecule has 4 rings (SSSR count). The summed E-state index contributed by atoms with van der Waals surface area (Å²) in [5.41, 5.74) is 2.94. The molecule has 0 unspecified atom stereocenters. The van der Waals surface area contributed by atoms with Crippen molar-refractivity contribution in [3.8, 4) is 5.69 Å². The number of aromatic nitrogens is 1. The Morgan fingerprint density at radius 3 is 2.50 bits per heavy atom. The lowest BCUT2D eigenvalue weighted by Gasteiger charge is -2.22. The van der Waals surface area contributed by atoms with Crippen LogP contribution in [0.4, 0.5) is 4.79 Å². The van der Waals surface area contributed by atoms with Crippen molar-refractivity contribution < 1.29 is 14.4 Å². The van der Waals surface area contributed by atoms with E-state index in [1.54, 1.807) is 11.0 Å². The molecule has 0 atom stereocenters. The van der Waals surface area contributed by atoms with E-state index in [0.717, 1.165) is 59.3 Å². The molecule has 0 spiro atoms. The fraction of sp³-hybridized carbons (Fsp3) is 0.348. The van der Waals surface area contributed by atoms with Crippen molar-refractivity contribution in [2.24, 2.45) is 0 Å². The van der Waals surface area contributed by atoms with Crippen LogP contribution in [0, 0.1) is 6.92 Å². The van der Waals surface area contributed by atoms with Crippen molar-refractivity contribution in [2.45, 2.75) is 32.6 Å². The van der Waals surface area contributed by atoms with Gasteiger partial charge in [-0.05, 0) is 61.4 Å². The molecule has 3 heterocycles. The van der Waals surface area contributed by atoms with E-state index < -0.39 is 5.91 Å². The highest BCUT2D eigenvalue weighted by molar-refractivity contribution is 8.18. The number of carbonyl (C=O) groups excluding carboxylic acids is 3. The van der Waals surface area contributed by atoms with Gasteiger partial charge in [-0.1, -0.05) is 31.0 Å². The second-order valence-electron chi connectivity index (χ2n) is 7.65. The van der Waals surface area contributed by atoms with Crippen molar-refractivity contribution in [2.75, 3.05) is 19.6 Å². The van der Waals surface area contributed by atoms with Crippen molar-refractivity contribution in [1.82, 2.24) is 14.4 Å². The van der Waals surface area contributed by atoms with Gasteiger partial charge >= 0.3 is 0 Å². The van der Waals surface area contributed by atoms with Gasteiger partial charge in [0, 0.05) is 30.7 Å². The van der Waals surface area contributed by atoms with E-state index in [9.17, 15) is 14.4 Å². The van der Waals surface area contributed by atoms with E-state index in [1.807, 2.05) is 54.1 Å². The number of carbonyl (C=O) groups is 3. The van der Waals surface area contributed by atoms with E-state index in [2.05, 4.69) is 0 Å². The Hall–Kier alpha value is -2.80. The number of para-hydroxylation sites is 1. The molecule has 0 aliphatic carbocycles. The van der Waals surface area contributed by atoms with E-state index in [4.69, 9.17) is 0 Å². The van der Waals surface area contributed by atoms with Crippen LogP contribution in [0.1, 0.15) is 36.9 Å². The Bertz CT molecular complexity index is 1000. The number of benzene rings is 1. The van der Waals surface area contributed by atoms with Gasteiger partial charge in [0.1, 0.15) is 6.54 Å². The van der Waals surface area contributed by atoms with Gasteiger partial charge in [0.2, 0.25) is 5.91 Å². The lowest BCUT2D eigenvalue weighted by molar-refractivity contribution is -0.135. The second-order valence-corrected chi connectivity index (χ2v) is 8.65. The molecule has 30 heavy (non-hydrogen) atoms. The van der Waals surface area contributed by atoms with Gasteiger partial charge in [0.15, 0.2) is 0 Å². The van der Waals surface area contributed by atoms with E-state index >= 15 is 0 Å². The SMILES string of the molecule is Cc1ccccc1-n1cccc1C=C1SC(=O)N(CC(=O)N2CCCCCC2)C1=O. The first-order chi connectivity index (χ1) is 14.5. The number of aryl methyl sites for hydroxylation is 1. The first-order valence-electron chi connectivity index (χ1n) is 10.3. The Morgan fingerprint density at radius 2 is 1.77 bits per heavy atom. The Labute approximate surface area is 180 Å². The average molecular weight is 424 g/mol. The lowest BCUT2D eigenvalue weighted by Crippen LogP contribution is -2.42. The van der Waals surface area contributed by atoms with E-state index in [0.29, 0.717) is 18.0 Å². The van der Waals surface area contributed by atoms with Gasteiger partial charge in [0.25, 0.3) is 11.1 Å². The minimum atomic E-state index is -0.397. The van der Waals surface area contributed by atoms with Crippen molar-refractivity contribution in [1.29, 1.82) is 0 Å². The molecule has 7 heteroatoms. The van der Waals surface area contributed by atoms with E-state index in [-0.39, 0.29) is 17.7 Å². The number of likely N-dealkylation sites (tertiary alicyclic amines) is 1. The van der Waals surface area contributed by atoms with Crippen molar-refractivity contribution in [3.05, 3.63) is 58.8 Å². The average Bonchev–Trinajstić information content (AvgIpc) is 3.15. The molecule has 0 radical (unpaired) electrons. The molecule has 0 saturated carbocycles. The molecule has 2 aliphatic heterocycles. The molecule has 2 aromatic rings. The van der Waals surface area contributed by atoms with Gasteiger partial charge in [-0.25, -0.2) is 0 Å². The van der Waals surface area contributed by atoms with Gasteiger partial charge < -0.3 is 9.47 Å². The number of amides is 3. The number of nitrogens with zero attached hydrogens (tertiary/aromatic N) is 3. The summed E-state index contributed by atoms with van der Waals surface area (Å²) in [4.78, 5) is 41.2. The first kappa shape index (κ1) is 20.5. The molecule has 0 N–H and O–H groups in total. The standard InChI is InChI=1S/C23H25N3O3S/c1-17-9-4-5-11-19(17)25-14-8-10-18(25)15-20-22(28)26(23(29)30-20)16-21(27)24-12-6-2-3-7-13-24/h4-5,8-11,14-15H,2-3,6-7,12-13,16H2,1H3. The van der Waals surface area contributed by atoms with Crippen LogP contribution in [0.5, 0.6) is 0 Å². The highest BCUT2D eigenvalue weighted by Gasteiger charge is 2.37. The molecule has 156 valence electrons. The summed E-state index contributed by atoms with van der Waals surface area (Å²) in [6, 6.07) is 11.8. The Kier molecular flexibility index (Phi) is 6.08. The van der Waals surface area contributed by atoms with Crippen LogP contribution in [-0.2, 0) is 9.59 Å². The third kappa shape index (κ3) is 4.21. The van der Waals surface area contributed by atoms with Crippen molar-refractivity contribution >= 4 is 34.9 Å². The zero-order valence-electron chi connectivity index (χ0n) is 17.0.